The Morgan fingerprint density at radius 3 is 2.67 bits per heavy atom. The van der Waals surface area contributed by atoms with Gasteiger partial charge in [-0.05, 0) is 30.7 Å². The van der Waals surface area contributed by atoms with Gasteiger partial charge in [-0.2, -0.15) is 5.26 Å². The maximum absolute atomic E-state index is 13.5. The van der Waals surface area contributed by atoms with E-state index in [-0.39, 0.29) is 11.3 Å². The highest BCUT2D eigenvalue weighted by Crippen LogP contribution is 2.15. The van der Waals surface area contributed by atoms with Crippen LogP contribution in [-0.2, 0) is 4.79 Å². The molecule has 0 heterocycles. The lowest BCUT2D eigenvalue weighted by Gasteiger charge is -2.05. The van der Waals surface area contributed by atoms with Gasteiger partial charge in [0, 0.05) is 0 Å². The molecule has 21 heavy (non-hydrogen) atoms. The molecule has 0 saturated carbocycles. The number of hydrogen-bond acceptors (Lipinski definition) is 2. The van der Waals surface area contributed by atoms with Crippen molar-refractivity contribution in [2.45, 2.75) is 6.92 Å². The maximum atomic E-state index is 13.5. The molecule has 104 valence electrons. The molecule has 2 aromatic rings. The topological polar surface area (TPSA) is 52.9 Å². The normalized spacial score (nSPS) is 10.8. The molecule has 0 fully saturated rings. The number of nitrogens with zero attached hydrogens (tertiary/aromatic N) is 1. The second-order valence-corrected chi connectivity index (χ2v) is 4.52. The van der Waals surface area contributed by atoms with E-state index in [1.807, 2.05) is 31.2 Å². The minimum atomic E-state index is -0.635. The number of nitriles is 1. The molecule has 1 N–H and O–H groups in total. The SMILES string of the molecule is Cc1cccc(/C=C(/C#N)C(=O)Nc2ccccc2F)c1. The molecule has 0 atom stereocenters. The van der Waals surface area contributed by atoms with Crippen molar-refractivity contribution in [3.8, 4) is 6.07 Å². The summed E-state index contributed by atoms with van der Waals surface area (Å²) in [5, 5.41) is 11.5. The number of carbonyl (C=O) groups is 1. The minimum absolute atomic E-state index is 0.0490. The molecule has 0 bridgehead atoms. The van der Waals surface area contributed by atoms with Crippen molar-refractivity contribution in [2.24, 2.45) is 0 Å². The zero-order valence-electron chi connectivity index (χ0n) is 11.4. The first-order chi connectivity index (χ1) is 10.1. The summed E-state index contributed by atoms with van der Waals surface area (Å²) < 4.78 is 13.5. The molecule has 1 amide bonds. The average Bonchev–Trinajstić information content (AvgIpc) is 2.47. The van der Waals surface area contributed by atoms with E-state index in [9.17, 15) is 9.18 Å². The van der Waals surface area contributed by atoms with E-state index in [1.54, 1.807) is 12.1 Å². The van der Waals surface area contributed by atoms with E-state index in [2.05, 4.69) is 5.32 Å². The molecule has 0 radical (unpaired) electrons. The number of nitrogens with one attached hydrogen (secondary N) is 1. The highest BCUT2D eigenvalue weighted by atomic mass is 19.1. The van der Waals surface area contributed by atoms with Gasteiger partial charge in [0.15, 0.2) is 0 Å². The van der Waals surface area contributed by atoms with Crippen LogP contribution >= 0.6 is 0 Å². The first-order valence-electron chi connectivity index (χ1n) is 6.34. The van der Waals surface area contributed by atoms with E-state index in [4.69, 9.17) is 5.26 Å². The highest BCUT2D eigenvalue weighted by molar-refractivity contribution is 6.09. The molecule has 0 aliphatic carbocycles. The third-order valence-corrected chi connectivity index (χ3v) is 2.84. The fourth-order valence-corrected chi connectivity index (χ4v) is 1.83. The van der Waals surface area contributed by atoms with Crippen molar-refractivity contribution < 1.29 is 9.18 Å². The Morgan fingerprint density at radius 2 is 2.00 bits per heavy atom. The molecule has 4 heteroatoms. The zero-order chi connectivity index (χ0) is 15.2. The Morgan fingerprint density at radius 1 is 1.24 bits per heavy atom. The molecule has 0 aromatic heterocycles. The predicted molar refractivity (Wildman–Crippen MR) is 79.8 cm³/mol. The summed E-state index contributed by atoms with van der Waals surface area (Å²) in [6, 6.07) is 15.1. The van der Waals surface area contributed by atoms with E-state index >= 15 is 0 Å². The Bertz CT molecular complexity index is 744. The van der Waals surface area contributed by atoms with Crippen LogP contribution < -0.4 is 5.32 Å². The number of amides is 1. The van der Waals surface area contributed by atoms with Crippen molar-refractivity contribution >= 4 is 17.7 Å². The number of halogens is 1. The fourth-order valence-electron chi connectivity index (χ4n) is 1.83. The number of hydrogen-bond donors (Lipinski definition) is 1. The van der Waals surface area contributed by atoms with Crippen molar-refractivity contribution in [1.29, 1.82) is 5.26 Å². The lowest BCUT2D eigenvalue weighted by atomic mass is 10.1. The third-order valence-electron chi connectivity index (χ3n) is 2.84. The van der Waals surface area contributed by atoms with Gasteiger partial charge in [0.2, 0.25) is 0 Å². The second-order valence-electron chi connectivity index (χ2n) is 4.52. The summed E-state index contributed by atoms with van der Waals surface area (Å²) in [6.07, 6.45) is 1.48. The monoisotopic (exact) mass is 280 g/mol. The van der Waals surface area contributed by atoms with Gasteiger partial charge in [-0.3, -0.25) is 4.79 Å². The fraction of sp³-hybridized carbons (Fsp3) is 0.0588. The van der Waals surface area contributed by atoms with Crippen LogP contribution in [0.4, 0.5) is 10.1 Å². The van der Waals surface area contributed by atoms with E-state index < -0.39 is 11.7 Å². The molecule has 0 aliphatic rings. The van der Waals surface area contributed by atoms with Gasteiger partial charge in [0.25, 0.3) is 5.91 Å². The molecule has 0 spiro atoms. The molecule has 0 aliphatic heterocycles. The smallest absolute Gasteiger partial charge is 0.266 e. The van der Waals surface area contributed by atoms with Crippen LogP contribution in [0.15, 0.2) is 54.1 Å². The number of carbonyl (C=O) groups excluding carboxylic acids is 1. The number of rotatable bonds is 3. The summed E-state index contributed by atoms with van der Waals surface area (Å²) in [5.74, 6) is -1.18. The van der Waals surface area contributed by atoms with Crippen molar-refractivity contribution in [3.63, 3.8) is 0 Å². The van der Waals surface area contributed by atoms with Crippen LogP contribution in [0.5, 0.6) is 0 Å². The predicted octanol–water partition coefficient (Wildman–Crippen LogP) is 3.68. The Labute approximate surface area is 122 Å². The zero-order valence-corrected chi connectivity index (χ0v) is 11.4. The van der Waals surface area contributed by atoms with Crippen LogP contribution in [0.3, 0.4) is 0 Å². The molecule has 2 rings (SSSR count). The van der Waals surface area contributed by atoms with Crippen molar-refractivity contribution in [3.05, 3.63) is 71.0 Å². The first kappa shape index (κ1) is 14.5. The minimum Gasteiger partial charge on any atom is -0.319 e. The van der Waals surface area contributed by atoms with Gasteiger partial charge < -0.3 is 5.32 Å². The Kier molecular flexibility index (Phi) is 4.47. The van der Waals surface area contributed by atoms with Crippen LogP contribution in [0.2, 0.25) is 0 Å². The first-order valence-corrected chi connectivity index (χ1v) is 6.34. The van der Waals surface area contributed by atoms with Gasteiger partial charge in [0.05, 0.1) is 5.69 Å². The number of anilines is 1. The largest absolute Gasteiger partial charge is 0.319 e. The molecule has 2 aromatic carbocycles. The lowest BCUT2D eigenvalue weighted by Crippen LogP contribution is -2.14. The summed E-state index contributed by atoms with van der Waals surface area (Å²) in [6.45, 7) is 1.92. The molecule has 0 saturated heterocycles. The van der Waals surface area contributed by atoms with Crippen molar-refractivity contribution in [1.82, 2.24) is 0 Å². The standard InChI is InChI=1S/C17H13FN2O/c1-12-5-4-6-13(9-12)10-14(11-19)17(21)20-16-8-3-2-7-15(16)18/h2-10H,1H3,(H,20,21)/b14-10-. The number of benzene rings is 2. The van der Waals surface area contributed by atoms with Crippen LogP contribution in [-0.4, -0.2) is 5.91 Å². The number of aryl methyl sites for hydroxylation is 1. The molecule has 3 nitrogen and oxygen atoms in total. The van der Waals surface area contributed by atoms with Crippen molar-refractivity contribution in [2.75, 3.05) is 5.32 Å². The molecule has 0 unspecified atom stereocenters. The van der Waals surface area contributed by atoms with E-state index in [0.717, 1.165) is 11.1 Å². The Hall–Kier alpha value is -2.93. The third kappa shape index (κ3) is 3.77. The second kappa shape index (κ2) is 6.49. The summed E-state index contributed by atoms with van der Waals surface area (Å²) in [4.78, 5) is 12.0. The van der Waals surface area contributed by atoms with Gasteiger partial charge in [0.1, 0.15) is 17.5 Å². The lowest BCUT2D eigenvalue weighted by molar-refractivity contribution is -0.112. The highest BCUT2D eigenvalue weighted by Gasteiger charge is 2.11. The van der Waals surface area contributed by atoms with E-state index in [1.165, 1.54) is 24.3 Å². The molecular formula is C17H13FN2O. The van der Waals surface area contributed by atoms with E-state index in [0.29, 0.717) is 0 Å². The van der Waals surface area contributed by atoms with Crippen LogP contribution in [0, 0.1) is 24.1 Å². The van der Waals surface area contributed by atoms with Crippen LogP contribution in [0.25, 0.3) is 6.08 Å². The van der Waals surface area contributed by atoms with Gasteiger partial charge in [-0.25, -0.2) is 4.39 Å². The van der Waals surface area contributed by atoms with Gasteiger partial charge in [-0.1, -0.05) is 42.0 Å². The quantitative estimate of drug-likeness (QED) is 0.688. The Balaban J connectivity index is 2.24. The molecular weight excluding hydrogens is 267 g/mol. The number of para-hydroxylation sites is 1. The summed E-state index contributed by atoms with van der Waals surface area (Å²) in [5.41, 5.74) is 1.74. The van der Waals surface area contributed by atoms with Gasteiger partial charge in [-0.15, -0.1) is 0 Å². The average molecular weight is 280 g/mol. The van der Waals surface area contributed by atoms with Gasteiger partial charge >= 0.3 is 0 Å². The van der Waals surface area contributed by atoms with Crippen LogP contribution in [0.1, 0.15) is 11.1 Å². The maximum Gasteiger partial charge on any atom is 0.266 e. The summed E-state index contributed by atoms with van der Waals surface area (Å²) in [7, 11) is 0. The summed E-state index contributed by atoms with van der Waals surface area (Å²) >= 11 is 0.